The van der Waals surface area contributed by atoms with E-state index in [4.69, 9.17) is 4.99 Å². The summed E-state index contributed by atoms with van der Waals surface area (Å²) in [6.45, 7) is 3.14. The highest BCUT2D eigenvalue weighted by molar-refractivity contribution is 7.10. The third-order valence-corrected chi connectivity index (χ3v) is 5.92. The van der Waals surface area contributed by atoms with Gasteiger partial charge in [0.25, 0.3) is 0 Å². The van der Waals surface area contributed by atoms with Crippen molar-refractivity contribution in [2.75, 3.05) is 24.5 Å². The first kappa shape index (κ1) is 11.8. The van der Waals surface area contributed by atoms with Gasteiger partial charge in [-0.2, -0.15) is 0 Å². The van der Waals surface area contributed by atoms with Crippen molar-refractivity contribution in [3.05, 3.63) is 52.2 Å². The minimum absolute atomic E-state index is 0.458. The lowest BCUT2D eigenvalue weighted by Gasteiger charge is -2.43. The predicted molar refractivity (Wildman–Crippen MR) is 87.4 cm³/mol. The largest absolute Gasteiger partial charge is 0.350 e. The molecule has 3 nitrogen and oxygen atoms in total. The molecule has 2 unspecified atom stereocenters. The first-order valence-corrected chi connectivity index (χ1v) is 8.52. The van der Waals surface area contributed by atoms with Gasteiger partial charge in [-0.1, -0.05) is 18.2 Å². The van der Waals surface area contributed by atoms with Crippen molar-refractivity contribution >= 4 is 22.9 Å². The molecular formula is C17H17N3S. The van der Waals surface area contributed by atoms with E-state index in [1.165, 1.54) is 28.4 Å². The van der Waals surface area contributed by atoms with Crippen LogP contribution in [0, 0.1) is 0 Å². The van der Waals surface area contributed by atoms with Gasteiger partial charge < -0.3 is 9.80 Å². The van der Waals surface area contributed by atoms with Crippen LogP contribution in [0.25, 0.3) is 0 Å². The highest BCUT2D eigenvalue weighted by Crippen LogP contribution is 2.45. The van der Waals surface area contributed by atoms with Gasteiger partial charge in [-0.05, 0) is 30.0 Å². The van der Waals surface area contributed by atoms with Gasteiger partial charge in [-0.3, -0.25) is 4.99 Å². The molecule has 2 atom stereocenters. The highest BCUT2D eigenvalue weighted by atomic mass is 32.1. The van der Waals surface area contributed by atoms with Gasteiger partial charge in [0.15, 0.2) is 0 Å². The molecule has 2 aromatic rings. The zero-order chi connectivity index (χ0) is 13.8. The SMILES string of the molecule is c1csc(C2CCN3c4ccccc4C4=NCCN4C23)c1. The molecule has 1 saturated heterocycles. The molecule has 0 radical (unpaired) electrons. The number of benzene rings is 1. The standard InChI is InChI=1S/C17H17N3S/c1-2-5-14-12(4-1)16-18-8-10-20(16)17-13(7-9-19(14)17)15-6-3-11-21-15/h1-6,11,13,17H,7-10H2. The molecule has 3 aliphatic rings. The third kappa shape index (κ3) is 1.57. The molecule has 1 aromatic carbocycles. The number of anilines is 1. The Balaban J connectivity index is 1.66. The Morgan fingerprint density at radius 1 is 1.05 bits per heavy atom. The van der Waals surface area contributed by atoms with E-state index in [1.807, 2.05) is 11.3 Å². The van der Waals surface area contributed by atoms with Gasteiger partial charge in [-0.15, -0.1) is 11.3 Å². The molecule has 4 heterocycles. The van der Waals surface area contributed by atoms with E-state index in [9.17, 15) is 0 Å². The summed E-state index contributed by atoms with van der Waals surface area (Å²) < 4.78 is 0. The molecule has 0 aliphatic carbocycles. The Hall–Kier alpha value is -1.81. The second kappa shape index (κ2) is 4.34. The summed E-state index contributed by atoms with van der Waals surface area (Å²) in [7, 11) is 0. The molecule has 0 N–H and O–H groups in total. The number of para-hydroxylation sites is 1. The third-order valence-electron chi connectivity index (χ3n) is 4.92. The van der Waals surface area contributed by atoms with Gasteiger partial charge in [-0.25, -0.2) is 0 Å². The highest BCUT2D eigenvalue weighted by Gasteiger charge is 2.46. The second-order valence-corrected chi connectivity index (χ2v) is 6.91. The van der Waals surface area contributed by atoms with Crippen LogP contribution < -0.4 is 4.90 Å². The second-order valence-electron chi connectivity index (χ2n) is 5.93. The fourth-order valence-corrected chi connectivity index (χ4v) is 4.97. The van der Waals surface area contributed by atoms with Crippen molar-refractivity contribution in [2.45, 2.75) is 18.5 Å². The summed E-state index contributed by atoms with van der Waals surface area (Å²) in [5.74, 6) is 1.83. The molecule has 4 heteroatoms. The minimum atomic E-state index is 0.458. The van der Waals surface area contributed by atoms with Crippen molar-refractivity contribution < 1.29 is 0 Å². The van der Waals surface area contributed by atoms with Gasteiger partial charge >= 0.3 is 0 Å². The summed E-state index contributed by atoms with van der Waals surface area (Å²) in [4.78, 5) is 11.5. The smallest absolute Gasteiger partial charge is 0.134 e. The van der Waals surface area contributed by atoms with E-state index in [-0.39, 0.29) is 0 Å². The van der Waals surface area contributed by atoms with E-state index in [0.29, 0.717) is 12.1 Å². The summed E-state index contributed by atoms with van der Waals surface area (Å²) >= 11 is 1.90. The van der Waals surface area contributed by atoms with E-state index in [0.717, 1.165) is 19.6 Å². The maximum Gasteiger partial charge on any atom is 0.134 e. The molecule has 0 saturated carbocycles. The zero-order valence-corrected chi connectivity index (χ0v) is 12.6. The molecule has 1 fully saturated rings. The monoisotopic (exact) mass is 295 g/mol. The fraction of sp³-hybridized carbons (Fsp3) is 0.353. The molecule has 21 heavy (non-hydrogen) atoms. The van der Waals surface area contributed by atoms with Crippen molar-refractivity contribution in [1.29, 1.82) is 0 Å². The number of hydrogen-bond donors (Lipinski definition) is 0. The normalized spacial score (nSPS) is 26.4. The number of nitrogens with zero attached hydrogens (tertiary/aromatic N) is 3. The van der Waals surface area contributed by atoms with Gasteiger partial charge in [0.05, 0.1) is 6.54 Å². The molecule has 106 valence electrons. The van der Waals surface area contributed by atoms with Crippen molar-refractivity contribution in [3.8, 4) is 0 Å². The lowest BCUT2D eigenvalue weighted by atomic mass is 9.99. The lowest BCUT2D eigenvalue weighted by Crippen LogP contribution is -2.53. The van der Waals surface area contributed by atoms with Crippen LogP contribution in [-0.2, 0) is 0 Å². The zero-order valence-electron chi connectivity index (χ0n) is 11.8. The van der Waals surface area contributed by atoms with E-state index in [1.54, 1.807) is 0 Å². The molecule has 0 spiro atoms. The van der Waals surface area contributed by atoms with Gasteiger partial charge in [0.2, 0.25) is 0 Å². The van der Waals surface area contributed by atoms with Crippen LogP contribution in [0.15, 0.2) is 46.8 Å². The van der Waals surface area contributed by atoms with Crippen molar-refractivity contribution in [3.63, 3.8) is 0 Å². The van der Waals surface area contributed by atoms with Crippen LogP contribution in [0.3, 0.4) is 0 Å². The Kier molecular flexibility index (Phi) is 2.44. The molecule has 1 aromatic heterocycles. The molecule has 5 rings (SSSR count). The quantitative estimate of drug-likeness (QED) is 0.805. The number of rotatable bonds is 1. The van der Waals surface area contributed by atoms with Crippen molar-refractivity contribution in [2.24, 2.45) is 4.99 Å². The molecule has 0 bridgehead atoms. The Morgan fingerprint density at radius 2 is 2.00 bits per heavy atom. The number of fused-ring (bicyclic) bond motifs is 6. The Labute approximate surface area is 128 Å². The average Bonchev–Trinajstić information content (AvgIpc) is 3.25. The van der Waals surface area contributed by atoms with Crippen LogP contribution in [0.5, 0.6) is 0 Å². The molecule has 3 aliphatic heterocycles. The summed E-state index contributed by atoms with van der Waals surface area (Å²) in [6.07, 6.45) is 1.70. The van der Waals surface area contributed by atoms with Crippen molar-refractivity contribution in [1.82, 2.24) is 4.90 Å². The predicted octanol–water partition coefficient (Wildman–Crippen LogP) is 3.14. The van der Waals surface area contributed by atoms with E-state index < -0.39 is 0 Å². The summed E-state index contributed by atoms with van der Waals surface area (Å²) in [6, 6.07) is 13.2. The number of aliphatic imine (C=N–C) groups is 1. The first-order chi connectivity index (χ1) is 10.4. The lowest BCUT2D eigenvalue weighted by molar-refractivity contribution is 0.312. The van der Waals surface area contributed by atoms with Crippen LogP contribution >= 0.6 is 11.3 Å². The van der Waals surface area contributed by atoms with Gasteiger partial charge in [0.1, 0.15) is 12.0 Å². The Morgan fingerprint density at radius 3 is 2.90 bits per heavy atom. The van der Waals surface area contributed by atoms with E-state index in [2.05, 4.69) is 51.6 Å². The fourth-order valence-electron chi connectivity index (χ4n) is 4.09. The van der Waals surface area contributed by atoms with Crippen LogP contribution in [-0.4, -0.2) is 36.5 Å². The molecule has 0 amide bonds. The summed E-state index contributed by atoms with van der Waals surface area (Å²) in [5, 5.41) is 2.20. The summed E-state index contributed by atoms with van der Waals surface area (Å²) in [5.41, 5.74) is 2.69. The number of hydrogen-bond acceptors (Lipinski definition) is 4. The maximum atomic E-state index is 4.79. The molecular weight excluding hydrogens is 278 g/mol. The number of thiophene rings is 1. The van der Waals surface area contributed by atoms with Crippen LogP contribution in [0.1, 0.15) is 22.8 Å². The van der Waals surface area contributed by atoms with Crippen LogP contribution in [0.2, 0.25) is 0 Å². The topological polar surface area (TPSA) is 18.8 Å². The van der Waals surface area contributed by atoms with Crippen LogP contribution in [0.4, 0.5) is 5.69 Å². The average molecular weight is 295 g/mol. The van der Waals surface area contributed by atoms with Gasteiger partial charge in [0, 0.05) is 35.1 Å². The number of amidine groups is 1. The minimum Gasteiger partial charge on any atom is -0.350 e. The Bertz CT molecular complexity index is 707. The first-order valence-electron chi connectivity index (χ1n) is 7.64. The van der Waals surface area contributed by atoms with E-state index >= 15 is 0 Å². The maximum absolute atomic E-state index is 4.79.